The summed E-state index contributed by atoms with van der Waals surface area (Å²) >= 11 is 0. The highest BCUT2D eigenvalue weighted by atomic mass is 16.7. The number of methoxy groups -OCH3 is 1. The second-order valence-electron chi connectivity index (χ2n) is 3.70. The zero-order chi connectivity index (χ0) is 15.8. The van der Waals surface area contributed by atoms with Crippen LogP contribution < -0.4 is 21.3 Å². The third kappa shape index (κ3) is 5.51. The fourth-order valence-electron chi connectivity index (χ4n) is 1.26. The zero-order valence-electron chi connectivity index (χ0n) is 11.1. The Morgan fingerprint density at radius 2 is 2.14 bits per heavy atom. The Morgan fingerprint density at radius 3 is 2.76 bits per heavy atom. The number of ether oxygens (including phenoxy) is 1. The summed E-state index contributed by atoms with van der Waals surface area (Å²) < 4.78 is 4.93. The highest BCUT2D eigenvalue weighted by Gasteiger charge is 2.03. The number of phenols is 1. The zero-order valence-corrected chi connectivity index (χ0v) is 11.1. The molecule has 0 aliphatic heterocycles. The van der Waals surface area contributed by atoms with E-state index in [1.54, 1.807) is 6.07 Å². The van der Waals surface area contributed by atoms with Crippen molar-refractivity contribution in [3.05, 3.63) is 29.8 Å². The van der Waals surface area contributed by atoms with Crippen molar-refractivity contribution in [3.8, 4) is 11.5 Å². The van der Waals surface area contributed by atoms with Gasteiger partial charge in [-0.2, -0.15) is 5.48 Å². The van der Waals surface area contributed by atoms with Crippen LogP contribution in [-0.2, 0) is 9.63 Å². The number of guanidine groups is 2. The molecular formula is C12H15N5O4. The maximum atomic E-state index is 11.4. The largest absolute Gasteiger partial charge is 0.504 e. The molecule has 0 amide bonds. The third-order valence-corrected chi connectivity index (χ3v) is 2.13. The van der Waals surface area contributed by atoms with E-state index in [4.69, 9.17) is 21.3 Å². The van der Waals surface area contributed by atoms with Crippen LogP contribution in [-0.4, -0.2) is 30.1 Å². The summed E-state index contributed by atoms with van der Waals surface area (Å²) in [5, 5.41) is 25.6. The Bertz CT molecular complexity index is 585. The number of nitrogens with one attached hydrogen (secondary N) is 4. The Hall–Kier alpha value is -3.23. The van der Waals surface area contributed by atoms with Crippen molar-refractivity contribution < 1.29 is 19.5 Å². The lowest BCUT2D eigenvalue weighted by Crippen LogP contribution is -2.43. The second-order valence-corrected chi connectivity index (χ2v) is 3.70. The molecule has 0 heterocycles. The fraction of sp³-hybridized carbons (Fsp3) is 0.0833. The molecule has 0 aromatic heterocycles. The number of rotatable bonds is 3. The van der Waals surface area contributed by atoms with Gasteiger partial charge >= 0.3 is 5.97 Å². The number of carbonyl (C=O) groups excluding carboxylic acids is 1. The number of hydrogen-bond donors (Lipinski definition) is 6. The molecule has 0 radical (unpaired) electrons. The Kier molecular flexibility index (Phi) is 5.56. The standard InChI is InChI=1S/C12H15N5O4/c1-20-9-6-7(2-4-8(9)18)3-5-10(19)21-17-12(15)16-11(13)14/h2-6,18H,1H3,(H6,13,14,15,16,17). The average Bonchev–Trinajstić information content (AvgIpc) is 2.43. The summed E-state index contributed by atoms with van der Waals surface area (Å²) in [4.78, 5) is 15.9. The maximum Gasteiger partial charge on any atom is 0.355 e. The van der Waals surface area contributed by atoms with Crippen molar-refractivity contribution in [3.63, 3.8) is 0 Å². The number of aromatic hydroxyl groups is 1. The molecule has 112 valence electrons. The van der Waals surface area contributed by atoms with Crippen LogP contribution in [0.15, 0.2) is 24.3 Å². The monoisotopic (exact) mass is 293 g/mol. The quantitative estimate of drug-likeness (QED) is 0.196. The molecule has 1 aromatic rings. The third-order valence-electron chi connectivity index (χ3n) is 2.13. The van der Waals surface area contributed by atoms with Gasteiger partial charge in [0.15, 0.2) is 17.5 Å². The van der Waals surface area contributed by atoms with E-state index in [1.165, 1.54) is 25.3 Å². The van der Waals surface area contributed by atoms with E-state index >= 15 is 0 Å². The second kappa shape index (κ2) is 7.38. The van der Waals surface area contributed by atoms with Gasteiger partial charge in [-0.25, -0.2) is 4.79 Å². The van der Waals surface area contributed by atoms with Gasteiger partial charge in [-0.15, -0.1) is 0 Å². The average molecular weight is 293 g/mol. The Labute approximate surface area is 120 Å². The molecule has 0 saturated heterocycles. The lowest BCUT2D eigenvalue weighted by Gasteiger charge is -2.06. The summed E-state index contributed by atoms with van der Waals surface area (Å²) in [6.07, 6.45) is 2.55. The van der Waals surface area contributed by atoms with Crippen molar-refractivity contribution in [2.75, 3.05) is 7.11 Å². The number of benzene rings is 1. The molecule has 0 spiro atoms. The molecule has 1 rings (SSSR count). The van der Waals surface area contributed by atoms with Gasteiger partial charge < -0.3 is 20.4 Å². The molecule has 7 N–H and O–H groups in total. The molecule has 9 nitrogen and oxygen atoms in total. The predicted octanol–water partition coefficient (Wildman–Crippen LogP) is -0.120. The molecule has 9 heteroatoms. The van der Waals surface area contributed by atoms with Gasteiger partial charge in [-0.3, -0.25) is 16.1 Å². The van der Waals surface area contributed by atoms with E-state index in [-0.39, 0.29) is 11.5 Å². The first kappa shape index (κ1) is 15.8. The molecule has 0 aliphatic carbocycles. The van der Waals surface area contributed by atoms with E-state index in [2.05, 4.69) is 10.2 Å². The highest BCUT2D eigenvalue weighted by molar-refractivity contribution is 5.95. The minimum absolute atomic E-state index is 0.0114. The first-order chi connectivity index (χ1) is 9.92. The van der Waals surface area contributed by atoms with Crippen LogP contribution in [0, 0.1) is 10.8 Å². The topological polar surface area (TPSA) is 154 Å². The first-order valence-corrected chi connectivity index (χ1v) is 5.64. The summed E-state index contributed by atoms with van der Waals surface area (Å²) in [6.45, 7) is 0. The fourth-order valence-corrected chi connectivity index (χ4v) is 1.26. The molecular weight excluding hydrogens is 278 g/mol. The van der Waals surface area contributed by atoms with E-state index in [9.17, 15) is 9.90 Å². The minimum atomic E-state index is -0.767. The van der Waals surface area contributed by atoms with E-state index < -0.39 is 17.9 Å². The molecule has 0 bridgehead atoms. The van der Waals surface area contributed by atoms with Gasteiger partial charge in [0.25, 0.3) is 0 Å². The summed E-state index contributed by atoms with van der Waals surface area (Å²) in [5.74, 6) is -1.42. The van der Waals surface area contributed by atoms with Gasteiger partial charge in [0.1, 0.15) is 0 Å². The molecule has 0 atom stereocenters. The number of carbonyl (C=O) groups is 1. The molecule has 1 aromatic carbocycles. The molecule has 0 saturated carbocycles. The van der Waals surface area contributed by atoms with Crippen molar-refractivity contribution in [2.45, 2.75) is 0 Å². The molecule has 0 aliphatic rings. The minimum Gasteiger partial charge on any atom is -0.504 e. The van der Waals surface area contributed by atoms with Crippen LogP contribution in [0.25, 0.3) is 6.08 Å². The SMILES string of the molecule is COc1cc(C=CC(=O)ONC(=N)NC(=N)N)ccc1O. The number of nitrogens with two attached hydrogens (primary N) is 1. The van der Waals surface area contributed by atoms with Crippen LogP contribution in [0.3, 0.4) is 0 Å². The Morgan fingerprint density at radius 1 is 1.43 bits per heavy atom. The predicted molar refractivity (Wildman–Crippen MR) is 75.7 cm³/mol. The molecule has 0 fully saturated rings. The van der Waals surface area contributed by atoms with E-state index in [1.807, 2.05) is 5.48 Å². The van der Waals surface area contributed by atoms with Crippen molar-refractivity contribution >= 4 is 24.0 Å². The van der Waals surface area contributed by atoms with Crippen LogP contribution in [0.1, 0.15) is 5.56 Å². The van der Waals surface area contributed by atoms with Gasteiger partial charge in [0.05, 0.1) is 7.11 Å². The molecule has 0 unspecified atom stereocenters. The van der Waals surface area contributed by atoms with Gasteiger partial charge in [0.2, 0.25) is 5.96 Å². The normalized spacial score (nSPS) is 9.95. The summed E-state index contributed by atoms with van der Waals surface area (Å²) in [5.41, 5.74) is 7.56. The highest BCUT2D eigenvalue weighted by Crippen LogP contribution is 2.26. The maximum absolute atomic E-state index is 11.4. The van der Waals surface area contributed by atoms with E-state index in [0.29, 0.717) is 5.56 Å². The van der Waals surface area contributed by atoms with Crippen LogP contribution in [0.5, 0.6) is 11.5 Å². The summed E-state index contributed by atoms with van der Waals surface area (Å²) in [6, 6.07) is 4.54. The van der Waals surface area contributed by atoms with Gasteiger partial charge in [0, 0.05) is 6.08 Å². The van der Waals surface area contributed by atoms with Gasteiger partial charge in [-0.05, 0) is 23.8 Å². The Balaban J connectivity index is 2.54. The number of phenolic OH excluding ortho intramolecular Hbond substituents is 1. The van der Waals surface area contributed by atoms with Crippen LogP contribution in [0.2, 0.25) is 0 Å². The number of hydroxylamine groups is 1. The lowest BCUT2D eigenvalue weighted by molar-refractivity contribution is -0.141. The van der Waals surface area contributed by atoms with Crippen LogP contribution >= 0.6 is 0 Å². The molecule has 21 heavy (non-hydrogen) atoms. The smallest absolute Gasteiger partial charge is 0.355 e. The van der Waals surface area contributed by atoms with Crippen LogP contribution in [0.4, 0.5) is 0 Å². The van der Waals surface area contributed by atoms with Crippen molar-refractivity contribution in [2.24, 2.45) is 5.73 Å². The van der Waals surface area contributed by atoms with Crippen molar-refractivity contribution in [1.82, 2.24) is 10.8 Å². The van der Waals surface area contributed by atoms with Gasteiger partial charge in [-0.1, -0.05) is 6.07 Å². The number of hydrogen-bond acceptors (Lipinski definition) is 6. The first-order valence-electron chi connectivity index (χ1n) is 5.64. The van der Waals surface area contributed by atoms with Crippen molar-refractivity contribution in [1.29, 1.82) is 10.8 Å². The lowest BCUT2D eigenvalue weighted by atomic mass is 10.2. The van der Waals surface area contributed by atoms with E-state index in [0.717, 1.165) is 6.08 Å². The summed E-state index contributed by atoms with van der Waals surface area (Å²) in [7, 11) is 1.41.